The Bertz CT molecular complexity index is 366. The molecule has 88 valence electrons. The number of amides is 1. The number of rotatable bonds is 4. The Hall–Kier alpha value is -1.62. The first-order valence-electron chi connectivity index (χ1n) is 5.10. The second-order valence-electron chi connectivity index (χ2n) is 3.65. The highest BCUT2D eigenvalue weighted by atomic mass is 16.3. The molecule has 1 aromatic heterocycles. The Kier molecular flexibility index (Phi) is 4.25. The highest BCUT2D eigenvalue weighted by molar-refractivity contribution is 5.80. The van der Waals surface area contributed by atoms with Gasteiger partial charge in [0, 0.05) is 20.3 Å². The molecule has 0 aromatic carbocycles. The van der Waals surface area contributed by atoms with Gasteiger partial charge in [-0.2, -0.15) is 0 Å². The molecule has 1 unspecified atom stereocenters. The molecule has 0 bridgehead atoms. The van der Waals surface area contributed by atoms with Crippen molar-refractivity contribution in [2.45, 2.75) is 13.0 Å². The van der Waals surface area contributed by atoms with E-state index in [0.717, 1.165) is 5.56 Å². The first-order valence-corrected chi connectivity index (χ1v) is 5.10. The van der Waals surface area contributed by atoms with Crippen LogP contribution in [-0.4, -0.2) is 36.6 Å². The van der Waals surface area contributed by atoms with Crippen LogP contribution in [0.1, 0.15) is 18.6 Å². The van der Waals surface area contributed by atoms with Crippen LogP contribution >= 0.6 is 0 Å². The van der Waals surface area contributed by atoms with Gasteiger partial charge in [-0.25, -0.2) is 4.98 Å². The van der Waals surface area contributed by atoms with Gasteiger partial charge in [-0.15, -0.1) is 0 Å². The average Bonchev–Trinajstić information content (AvgIpc) is 2.28. The summed E-state index contributed by atoms with van der Waals surface area (Å²) < 4.78 is 0. The molecule has 0 radical (unpaired) electrons. The summed E-state index contributed by atoms with van der Waals surface area (Å²) in [6.45, 7) is 1.94. The number of hydrogen-bond donors (Lipinski definition) is 2. The molecule has 0 aliphatic heterocycles. The lowest BCUT2D eigenvalue weighted by molar-refractivity contribution is -0.119. The average molecular weight is 223 g/mol. The molecular formula is C11H17N3O2. The van der Waals surface area contributed by atoms with E-state index in [1.807, 2.05) is 0 Å². The van der Waals surface area contributed by atoms with Gasteiger partial charge in [0.15, 0.2) is 0 Å². The standard InChI is InChI=1S/C11H17N3O2/c1-8(15)9-4-5-13-10(6-9)14(3)7-11(16)12-2/h4-6,8,15H,7H2,1-3H3,(H,12,16). The van der Waals surface area contributed by atoms with Gasteiger partial charge in [0.2, 0.25) is 5.91 Å². The van der Waals surface area contributed by atoms with Gasteiger partial charge >= 0.3 is 0 Å². The van der Waals surface area contributed by atoms with E-state index in [1.165, 1.54) is 0 Å². The minimum Gasteiger partial charge on any atom is -0.389 e. The van der Waals surface area contributed by atoms with Crippen LogP contribution in [-0.2, 0) is 4.79 Å². The number of carbonyl (C=O) groups is 1. The summed E-state index contributed by atoms with van der Waals surface area (Å²) in [7, 11) is 3.37. The fraction of sp³-hybridized carbons (Fsp3) is 0.455. The molecule has 0 spiro atoms. The fourth-order valence-electron chi connectivity index (χ4n) is 1.28. The number of anilines is 1. The molecular weight excluding hydrogens is 206 g/mol. The molecule has 5 heteroatoms. The van der Waals surface area contributed by atoms with Crippen molar-refractivity contribution in [2.75, 3.05) is 25.5 Å². The third-order valence-electron chi connectivity index (χ3n) is 2.30. The van der Waals surface area contributed by atoms with E-state index in [4.69, 9.17) is 0 Å². The van der Waals surface area contributed by atoms with Crippen LogP contribution in [0.25, 0.3) is 0 Å². The van der Waals surface area contributed by atoms with E-state index in [2.05, 4.69) is 10.3 Å². The molecule has 1 aromatic rings. The Morgan fingerprint density at radius 1 is 1.69 bits per heavy atom. The normalized spacial score (nSPS) is 12.0. The number of likely N-dealkylation sites (N-methyl/N-ethyl adjacent to an activating group) is 2. The van der Waals surface area contributed by atoms with Gasteiger partial charge in [-0.3, -0.25) is 4.79 Å². The van der Waals surface area contributed by atoms with Crippen molar-refractivity contribution >= 4 is 11.7 Å². The number of aliphatic hydroxyl groups is 1. The zero-order chi connectivity index (χ0) is 12.1. The zero-order valence-electron chi connectivity index (χ0n) is 9.77. The highest BCUT2D eigenvalue weighted by Gasteiger charge is 2.09. The maximum atomic E-state index is 11.2. The minimum atomic E-state index is -0.532. The Labute approximate surface area is 95.1 Å². The van der Waals surface area contributed by atoms with Crippen LogP contribution in [0.2, 0.25) is 0 Å². The summed E-state index contributed by atoms with van der Waals surface area (Å²) in [5.74, 6) is 0.591. The Morgan fingerprint density at radius 3 is 2.94 bits per heavy atom. The van der Waals surface area contributed by atoms with E-state index >= 15 is 0 Å². The van der Waals surface area contributed by atoms with Crippen molar-refractivity contribution in [1.29, 1.82) is 0 Å². The molecule has 1 rings (SSSR count). The quantitative estimate of drug-likeness (QED) is 0.771. The molecule has 16 heavy (non-hydrogen) atoms. The second kappa shape index (κ2) is 5.46. The predicted octanol–water partition coefficient (Wildman–Crippen LogP) is 0.317. The summed E-state index contributed by atoms with van der Waals surface area (Å²) in [4.78, 5) is 17.1. The number of nitrogens with zero attached hydrogens (tertiary/aromatic N) is 2. The lowest BCUT2D eigenvalue weighted by Crippen LogP contribution is -2.33. The second-order valence-corrected chi connectivity index (χ2v) is 3.65. The van der Waals surface area contributed by atoms with Gasteiger partial charge in [-0.05, 0) is 24.6 Å². The van der Waals surface area contributed by atoms with E-state index in [-0.39, 0.29) is 12.5 Å². The fourth-order valence-corrected chi connectivity index (χ4v) is 1.28. The smallest absolute Gasteiger partial charge is 0.239 e. The monoisotopic (exact) mass is 223 g/mol. The molecule has 0 saturated carbocycles. The lowest BCUT2D eigenvalue weighted by Gasteiger charge is -2.18. The number of nitrogens with one attached hydrogen (secondary N) is 1. The Morgan fingerprint density at radius 2 is 2.38 bits per heavy atom. The van der Waals surface area contributed by atoms with E-state index < -0.39 is 6.10 Å². The van der Waals surface area contributed by atoms with Gasteiger partial charge < -0.3 is 15.3 Å². The van der Waals surface area contributed by atoms with Gasteiger partial charge in [0.25, 0.3) is 0 Å². The van der Waals surface area contributed by atoms with Crippen molar-refractivity contribution in [3.63, 3.8) is 0 Å². The predicted molar refractivity (Wildman–Crippen MR) is 62.2 cm³/mol. The number of carbonyl (C=O) groups excluding carboxylic acids is 1. The molecule has 2 N–H and O–H groups in total. The first-order chi connectivity index (χ1) is 7.54. The zero-order valence-corrected chi connectivity index (χ0v) is 9.77. The minimum absolute atomic E-state index is 0.0771. The van der Waals surface area contributed by atoms with E-state index in [1.54, 1.807) is 44.2 Å². The molecule has 1 heterocycles. The van der Waals surface area contributed by atoms with Crippen molar-refractivity contribution < 1.29 is 9.90 Å². The lowest BCUT2D eigenvalue weighted by atomic mass is 10.2. The molecule has 0 saturated heterocycles. The van der Waals surface area contributed by atoms with Crippen LogP contribution in [0, 0.1) is 0 Å². The first kappa shape index (κ1) is 12.4. The Balaban J connectivity index is 2.79. The largest absolute Gasteiger partial charge is 0.389 e. The van der Waals surface area contributed by atoms with Crippen molar-refractivity contribution in [3.05, 3.63) is 23.9 Å². The molecule has 5 nitrogen and oxygen atoms in total. The van der Waals surface area contributed by atoms with Crippen LogP contribution in [0.15, 0.2) is 18.3 Å². The summed E-state index contributed by atoms with van der Waals surface area (Å²) >= 11 is 0. The molecule has 0 fully saturated rings. The molecule has 0 aliphatic rings. The number of hydrogen-bond acceptors (Lipinski definition) is 4. The molecule has 0 aliphatic carbocycles. The van der Waals surface area contributed by atoms with E-state index in [0.29, 0.717) is 5.82 Å². The number of aromatic nitrogens is 1. The van der Waals surface area contributed by atoms with Crippen LogP contribution in [0.3, 0.4) is 0 Å². The third-order valence-corrected chi connectivity index (χ3v) is 2.30. The summed E-state index contributed by atoms with van der Waals surface area (Å²) in [5.41, 5.74) is 0.786. The topological polar surface area (TPSA) is 65.5 Å². The van der Waals surface area contributed by atoms with E-state index in [9.17, 15) is 9.90 Å². The number of aliphatic hydroxyl groups excluding tert-OH is 1. The van der Waals surface area contributed by atoms with Crippen LogP contribution < -0.4 is 10.2 Å². The van der Waals surface area contributed by atoms with Gasteiger partial charge in [0.1, 0.15) is 5.82 Å². The number of pyridine rings is 1. The van der Waals surface area contributed by atoms with Crippen LogP contribution in [0.5, 0.6) is 0 Å². The van der Waals surface area contributed by atoms with Crippen molar-refractivity contribution in [3.8, 4) is 0 Å². The van der Waals surface area contributed by atoms with Gasteiger partial charge in [0.05, 0.1) is 12.6 Å². The maximum Gasteiger partial charge on any atom is 0.239 e. The van der Waals surface area contributed by atoms with Crippen molar-refractivity contribution in [1.82, 2.24) is 10.3 Å². The third kappa shape index (κ3) is 3.20. The van der Waals surface area contributed by atoms with Crippen LogP contribution in [0.4, 0.5) is 5.82 Å². The summed E-state index contributed by atoms with van der Waals surface area (Å²) in [6.07, 6.45) is 1.09. The molecule has 1 atom stereocenters. The molecule has 1 amide bonds. The summed E-state index contributed by atoms with van der Waals surface area (Å²) in [6, 6.07) is 3.52. The maximum absolute atomic E-state index is 11.2. The summed E-state index contributed by atoms with van der Waals surface area (Å²) in [5, 5.41) is 12.0. The highest BCUT2D eigenvalue weighted by Crippen LogP contribution is 2.16. The van der Waals surface area contributed by atoms with Gasteiger partial charge in [-0.1, -0.05) is 0 Å². The van der Waals surface area contributed by atoms with Crippen molar-refractivity contribution in [2.24, 2.45) is 0 Å². The SMILES string of the molecule is CNC(=O)CN(C)c1cc(C(C)O)ccn1.